The third-order valence-corrected chi connectivity index (χ3v) is 9.55. The Hall–Kier alpha value is -6.12. The van der Waals surface area contributed by atoms with Crippen LogP contribution in [0, 0.1) is 0 Å². The Morgan fingerprint density at radius 2 is 1.11 bits per heavy atom. The molecule has 0 saturated heterocycles. The normalized spacial score (nSPS) is 12.1. The van der Waals surface area contributed by atoms with Gasteiger partial charge in [0, 0.05) is 32.8 Å². The molecule has 214 valence electrons. The van der Waals surface area contributed by atoms with Crippen LogP contribution in [0.2, 0.25) is 0 Å². The summed E-state index contributed by atoms with van der Waals surface area (Å²) in [6.07, 6.45) is 0. The van der Waals surface area contributed by atoms with Gasteiger partial charge in [-0.25, -0.2) is 0 Å². The molecule has 2 heteroatoms. The van der Waals surface area contributed by atoms with Crippen LogP contribution in [0.5, 0.6) is 11.5 Å². The van der Waals surface area contributed by atoms with Crippen molar-refractivity contribution in [2.75, 3.05) is 0 Å². The van der Waals surface area contributed by atoms with Crippen molar-refractivity contribution in [3.63, 3.8) is 0 Å². The molecule has 1 aliphatic heterocycles. The second kappa shape index (κ2) is 9.69. The van der Waals surface area contributed by atoms with Gasteiger partial charge in [0.25, 0.3) is 0 Å². The third-order valence-electron chi connectivity index (χ3n) is 9.55. The van der Waals surface area contributed by atoms with Crippen molar-refractivity contribution in [2.24, 2.45) is 0 Å². The van der Waals surface area contributed by atoms with E-state index in [0.717, 1.165) is 17.1 Å². The predicted octanol–water partition coefficient (Wildman–Crippen LogP) is 12.2. The molecule has 46 heavy (non-hydrogen) atoms. The lowest BCUT2D eigenvalue weighted by Gasteiger charge is -2.22. The zero-order valence-corrected chi connectivity index (χ0v) is 24.9. The highest BCUT2D eigenvalue weighted by Crippen LogP contribution is 2.47. The molecule has 0 N–H and O–H groups in total. The molecule has 0 amide bonds. The van der Waals surface area contributed by atoms with Crippen molar-refractivity contribution >= 4 is 43.4 Å². The standard InChI is InChI=1S/C44H27NO/c1-2-13-34(14-3-1)45-40-17-5-4-15-35(40)37-23-21-28-19-20-32(26-38(28)44(37)45)30-11-6-12-31(25-30)33-22-24-41-39(27-33)36-16-7-9-29-10-8-18-42(46-41)43(29)36/h1-27H. The fraction of sp³-hybridized carbons (Fsp3) is 0. The zero-order valence-electron chi connectivity index (χ0n) is 24.9. The van der Waals surface area contributed by atoms with E-state index in [9.17, 15) is 0 Å². The Morgan fingerprint density at radius 1 is 0.391 bits per heavy atom. The van der Waals surface area contributed by atoms with E-state index in [4.69, 9.17) is 4.74 Å². The number of hydrogen-bond acceptors (Lipinski definition) is 1. The maximum absolute atomic E-state index is 6.37. The highest BCUT2D eigenvalue weighted by Gasteiger charge is 2.20. The van der Waals surface area contributed by atoms with Gasteiger partial charge in [-0.1, -0.05) is 115 Å². The maximum atomic E-state index is 6.37. The Bertz CT molecular complexity index is 2660. The van der Waals surface area contributed by atoms with Gasteiger partial charge >= 0.3 is 0 Å². The number of hydrogen-bond donors (Lipinski definition) is 0. The van der Waals surface area contributed by atoms with Gasteiger partial charge in [-0.3, -0.25) is 0 Å². The summed E-state index contributed by atoms with van der Waals surface area (Å²) in [5, 5.41) is 7.40. The van der Waals surface area contributed by atoms with E-state index >= 15 is 0 Å². The number of ether oxygens (including phenoxy) is 1. The Morgan fingerprint density at radius 3 is 2.00 bits per heavy atom. The molecule has 0 unspecified atom stereocenters. The van der Waals surface area contributed by atoms with E-state index in [1.54, 1.807) is 0 Å². The second-order valence-corrected chi connectivity index (χ2v) is 12.1. The predicted molar refractivity (Wildman–Crippen MR) is 192 cm³/mol. The van der Waals surface area contributed by atoms with Gasteiger partial charge in [0.1, 0.15) is 11.5 Å². The van der Waals surface area contributed by atoms with Gasteiger partial charge in [0.15, 0.2) is 0 Å². The molecule has 10 rings (SSSR count). The third kappa shape index (κ3) is 3.71. The van der Waals surface area contributed by atoms with Gasteiger partial charge < -0.3 is 9.30 Å². The summed E-state index contributed by atoms with van der Waals surface area (Å²) < 4.78 is 8.79. The summed E-state index contributed by atoms with van der Waals surface area (Å²) in [5.74, 6) is 1.82. The molecule has 0 fully saturated rings. The number of benzene rings is 8. The van der Waals surface area contributed by atoms with Crippen LogP contribution in [0.15, 0.2) is 164 Å². The Balaban J connectivity index is 1.13. The van der Waals surface area contributed by atoms with Crippen molar-refractivity contribution in [3.8, 4) is 50.6 Å². The fourth-order valence-electron chi connectivity index (χ4n) is 7.43. The lowest BCUT2D eigenvalue weighted by atomic mass is 9.91. The first-order valence-corrected chi connectivity index (χ1v) is 15.8. The van der Waals surface area contributed by atoms with E-state index in [1.807, 2.05) is 0 Å². The number of aromatic nitrogens is 1. The first-order chi connectivity index (χ1) is 22.8. The minimum Gasteiger partial charge on any atom is -0.456 e. The molecular weight excluding hydrogens is 558 g/mol. The molecule has 2 nitrogen and oxygen atoms in total. The smallest absolute Gasteiger partial charge is 0.135 e. The monoisotopic (exact) mass is 585 g/mol. The average molecular weight is 586 g/mol. The zero-order chi connectivity index (χ0) is 30.2. The van der Waals surface area contributed by atoms with Crippen molar-refractivity contribution in [2.45, 2.75) is 0 Å². The van der Waals surface area contributed by atoms with E-state index < -0.39 is 0 Å². The van der Waals surface area contributed by atoms with Crippen molar-refractivity contribution in [1.29, 1.82) is 0 Å². The molecule has 0 spiro atoms. The van der Waals surface area contributed by atoms with Crippen LogP contribution < -0.4 is 4.74 Å². The molecule has 0 atom stereocenters. The van der Waals surface area contributed by atoms with Crippen LogP contribution in [-0.2, 0) is 0 Å². The quantitative estimate of drug-likeness (QED) is 0.201. The van der Waals surface area contributed by atoms with Crippen LogP contribution >= 0.6 is 0 Å². The molecule has 1 aliphatic rings. The minimum atomic E-state index is 0.901. The molecule has 0 saturated carbocycles. The molecule has 2 heterocycles. The molecule has 0 radical (unpaired) electrons. The largest absolute Gasteiger partial charge is 0.456 e. The number of rotatable bonds is 3. The van der Waals surface area contributed by atoms with Crippen molar-refractivity contribution in [1.82, 2.24) is 4.57 Å². The molecule has 0 bridgehead atoms. The Kier molecular flexibility index (Phi) is 5.31. The van der Waals surface area contributed by atoms with E-state index in [2.05, 4.69) is 168 Å². The lowest BCUT2D eigenvalue weighted by molar-refractivity contribution is 0.487. The highest BCUT2D eigenvalue weighted by molar-refractivity contribution is 6.19. The van der Waals surface area contributed by atoms with Crippen LogP contribution in [0.1, 0.15) is 0 Å². The van der Waals surface area contributed by atoms with Gasteiger partial charge in [0.2, 0.25) is 0 Å². The van der Waals surface area contributed by atoms with Gasteiger partial charge in [-0.15, -0.1) is 0 Å². The topological polar surface area (TPSA) is 14.2 Å². The molecular formula is C44H27NO. The lowest BCUT2D eigenvalue weighted by Crippen LogP contribution is -1.97. The van der Waals surface area contributed by atoms with Gasteiger partial charge in [-0.05, 0) is 87.1 Å². The summed E-state index contributed by atoms with van der Waals surface area (Å²) in [6, 6.07) is 59.1. The summed E-state index contributed by atoms with van der Waals surface area (Å²) >= 11 is 0. The molecule has 1 aromatic heterocycles. The summed E-state index contributed by atoms with van der Waals surface area (Å²) in [4.78, 5) is 0. The van der Waals surface area contributed by atoms with Crippen LogP contribution in [-0.4, -0.2) is 4.57 Å². The number of para-hydroxylation sites is 2. The van der Waals surface area contributed by atoms with E-state index in [-0.39, 0.29) is 0 Å². The fourth-order valence-corrected chi connectivity index (χ4v) is 7.43. The second-order valence-electron chi connectivity index (χ2n) is 12.1. The summed E-state index contributed by atoms with van der Waals surface area (Å²) in [6.45, 7) is 0. The van der Waals surface area contributed by atoms with Crippen molar-refractivity contribution in [3.05, 3.63) is 164 Å². The average Bonchev–Trinajstić information content (AvgIpc) is 3.47. The maximum Gasteiger partial charge on any atom is 0.135 e. The number of fused-ring (bicyclic) bond motifs is 7. The first kappa shape index (κ1) is 25.2. The first-order valence-electron chi connectivity index (χ1n) is 15.8. The Labute approximate surface area is 266 Å². The minimum absolute atomic E-state index is 0.901. The molecule has 8 aromatic carbocycles. The molecule has 9 aromatic rings. The SMILES string of the molecule is c1ccc(-n2c3ccccc3c3ccc4ccc(-c5cccc(-c6ccc7c(c6)-c6cccc8cccc(c68)O7)c5)cc4c32)cc1. The van der Waals surface area contributed by atoms with Crippen LogP contribution in [0.25, 0.3) is 82.4 Å². The van der Waals surface area contributed by atoms with Gasteiger partial charge in [-0.2, -0.15) is 0 Å². The molecule has 0 aliphatic carbocycles. The van der Waals surface area contributed by atoms with Crippen molar-refractivity contribution < 1.29 is 4.74 Å². The van der Waals surface area contributed by atoms with E-state index in [1.165, 1.54) is 76.9 Å². The number of nitrogens with zero attached hydrogens (tertiary/aromatic N) is 1. The highest BCUT2D eigenvalue weighted by atomic mass is 16.5. The summed E-state index contributed by atoms with van der Waals surface area (Å²) in [7, 11) is 0. The van der Waals surface area contributed by atoms with E-state index in [0.29, 0.717) is 0 Å². The van der Waals surface area contributed by atoms with Gasteiger partial charge in [0.05, 0.1) is 11.0 Å². The van der Waals surface area contributed by atoms with Crippen LogP contribution in [0.4, 0.5) is 0 Å². The van der Waals surface area contributed by atoms with Crippen LogP contribution in [0.3, 0.4) is 0 Å². The summed E-state index contributed by atoms with van der Waals surface area (Å²) in [5.41, 5.74) is 10.7.